The summed E-state index contributed by atoms with van der Waals surface area (Å²) in [6.45, 7) is 1.62. The summed E-state index contributed by atoms with van der Waals surface area (Å²) in [6, 6.07) is 0.277. The van der Waals surface area contributed by atoms with Crippen molar-refractivity contribution in [1.82, 2.24) is 5.32 Å². The zero-order valence-corrected chi connectivity index (χ0v) is 7.51. The number of hydrogen-bond acceptors (Lipinski definition) is 3. The molecule has 0 rings (SSSR count). The van der Waals surface area contributed by atoms with E-state index in [1.807, 2.05) is 0 Å². The van der Waals surface area contributed by atoms with Crippen molar-refractivity contribution in [3.8, 4) is 6.07 Å². The number of carboxylic acid groups (broad SMARTS) is 1. The molecule has 2 atom stereocenters. The lowest BCUT2D eigenvalue weighted by atomic mass is 10.0. The molecule has 0 aromatic carbocycles. The number of halogens is 3. The van der Waals surface area contributed by atoms with Crippen LogP contribution in [0.1, 0.15) is 13.8 Å². The summed E-state index contributed by atoms with van der Waals surface area (Å²) >= 11 is 0. The molecular weight excluding hydrogens is 201 g/mol. The Morgan fingerprint density at radius 2 is 2.00 bits per heavy atom. The van der Waals surface area contributed by atoms with Crippen LogP contribution in [0.3, 0.4) is 0 Å². The van der Waals surface area contributed by atoms with E-state index in [0.29, 0.717) is 6.92 Å². The van der Waals surface area contributed by atoms with Gasteiger partial charge in [0.05, 0.1) is 12.1 Å². The molecule has 0 radical (unpaired) electrons. The maximum atomic E-state index is 12.3. The van der Waals surface area contributed by atoms with E-state index in [-0.39, 0.29) is 0 Å². The highest BCUT2D eigenvalue weighted by Gasteiger charge is 2.57. The van der Waals surface area contributed by atoms with E-state index < -0.39 is 23.7 Å². The second-order valence-corrected chi connectivity index (χ2v) is 2.92. The molecule has 2 unspecified atom stereocenters. The Bertz CT molecular complexity index is 271. The van der Waals surface area contributed by atoms with E-state index in [9.17, 15) is 18.0 Å². The summed E-state index contributed by atoms with van der Waals surface area (Å²) in [5, 5.41) is 18.4. The second-order valence-electron chi connectivity index (χ2n) is 2.92. The fourth-order valence-electron chi connectivity index (χ4n) is 0.730. The minimum absolute atomic E-state index is 0.475. The van der Waals surface area contributed by atoms with Gasteiger partial charge in [-0.2, -0.15) is 18.4 Å². The molecule has 0 aliphatic rings. The van der Waals surface area contributed by atoms with Gasteiger partial charge >= 0.3 is 12.1 Å². The van der Waals surface area contributed by atoms with Crippen LogP contribution in [0.15, 0.2) is 0 Å². The van der Waals surface area contributed by atoms with Crippen molar-refractivity contribution in [3.63, 3.8) is 0 Å². The molecule has 0 amide bonds. The first-order valence-electron chi connectivity index (χ1n) is 3.62. The van der Waals surface area contributed by atoms with Crippen LogP contribution >= 0.6 is 0 Å². The van der Waals surface area contributed by atoms with Crippen molar-refractivity contribution >= 4 is 5.97 Å². The Morgan fingerprint density at radius 1 is 1.57 bits per heavy atom. The van der Waals surface area contributed by atoms with Crippen molar-refractivity contribution in [3.05, 3.63) is 0 Å². The van der Waals surface area contributed by atoms with Crippen molar-refractivity contribution < 1.29 is 23.1 Å². The summed E-state index contributed by atoms with van der Waals surface area (Å²) < 4.78 is 36.9. The summed E-state index contributed by atoms with van der Waals surface area (Å²) in [5.41, 5.74) is -3.10. The standard InChI is InChI=1S/C7H9F3N2O2/c1-4(3-11)12-6(2,5(13)14)7(8,9)10/h4,12H,1-2H3,(H,13,14). The molecular formula is C7H9F3N2O2. The molecule has 0 saturated heterocycles. The molecule has 0 heterocycles. The maximum Gasteiger partial charge on any atom is 0.417 e. The van der Waals surface area contributed by atoms with Gasteiger partial charge < -0.3 is 5.11 Å². The number of nitrogens with one attached hydrogen (secondary N) is 1. The zero-order chi connectivity index (χ0) is 11.6. The summed E-state index contributed by atoms with van der Waals surface area (Å²) in [5.74, 6) is -2.06. The van der Waals surface area contributed by atoms with Crippen LogP contribution in [0.25, 0.3) is 0 Å². The number of alkyl halides is 3. The molecule has 7 heteroatoms. The van der Waals surface area contributed by atoms with Gasteiger partial charge in [0.1, 0.15) is 0 Å². The number of carbonyl (C=O) groups is 1. The molecule has 0 aromatic heterocycles. The number of nitrogens with zero attached hydrogens (tertiary/aromatic N) is 1. The number of rotatable bonds is 3. The van der Waals surface area contributed by atoms with Crippen molar-refractivity contribution in [1.29, 1.82) is 5.26 Å². The zero-order valence-electron chi connectivity index (χ0n) is 7.51. The maximum absolute atomic E-state index is 12.3. The van der Waals surface area contributed by atoms with Crippen LogP contribution in [0, 0.1) is 11.3 Å². The van der Waals surface area contributed by atoms with Crippen molar-refractivity contribution in [2.45, 2.75) is 31.6 Å². The van der Waals surface area contributed by atoms with E-state index in [4.69, 9.17) is 10.4 Å². The highest BCUT2D eigenvalue weighted by Crippen LogP contribution is 2.30. The third kappa shape index (κ3) is 2.35. The SMILES string of the molecule is CC(C#N)NC(C)(C(=O)O)C(F)(F)F. The molecule has 0 aliphatic carbocycles. The Balaban J connectivity index is 4.96. The normalized spacial score (nSPS) is 18.0. The topological polar surface area (TPSA) is 73.1 Å². The second kappa shape index (κ2) is 3.84. The van der Waals surface area contributed by atoms with Crippen LogP contribution in [0.4, 0.5) is 13.2 Å². The van der Waals surface area contributed by atoms with Gasteiger partial charge in [0.15, 0.2) is 0 Å². The lowest BCUT2D eigenvalue weighted by Crippen LogP contribution is -2.62. The van der Waals surface area contributed by atoms with E-state index in [1.54, 1.807) is 5.32 Å². The largest absolute Gasteiger partial charge is 0.480 e. The van der Waals surface area contributed by atoms with E-state index in [2.05, 4.69) is 0 Å². The first-order valence-corrected chi connectivity index (χ1v) is 3.62. The Morgan fingerprint density at radius 3 is 2.21 bits per heavy atom. The molecule has 0 spiro atoms. The first kappa shape index (κ1) is 12.7. The van der Waals surface area contributed by atoms with Gasteiger partial charge in [-0.05, 0) is 13.8 Å². The number of hydrogen-bond donors (Lipinski definition) is 2. The first-order chi connectivity index (χ1) is 6.15. The summed E-state index contributed by atoms with van der Waals surface area (Å²) in [7, 11) is 0. The fourth-order valence-corrected chi connectivity index (χ4v) is 0.730. The molecule has 2 N–H and O–H groups in total. The van der Waals surface area contributed by atoms with Crippen LogP contribution < -0.4 is 5.32 Å². The van der Waals surface area contributed by atoms with E-state index >= 15 is 0 Å². The smallest absolute Gasteiger partial charge is 0.417 e. The minimum Gasteiger partial charge on any atom is -0.480 e. The lowest BCUT2D eigenvalue weighted by Gasteiger charge is -2.29. The Labute approximate surface area is 78.3 Å². The van der Waals surface area contributed by atoms with Crippen molar-refractivity contribution in [2.75, 3.05) is 0 Å². The number of aliphatic carboxylic acids is 1. The Kier molecular flexibility index (Phi) is 3.48. The lowest BCUT2D eigenvalue weighted by molar-refractivity contribution is -0.206. The third-order valence-electron chi connectivity index (χ3n) is 1.69. The van der Waals surface area contributed by atoms with Crippen LogP contribution in [0.5, 0.6) is 0 Å². The molecule has 0 aromatic rings. The molecule has 0 saturated carbocycles. The van der Waals surface area contributed by atoms with Crippen molar-refractivity contribution in [2.24, 2.45) is 0 Å². The molecule has 0 aliphatic heterocycles. The van der Waals surface area contributed by atoms with Gasteiger partial charge in [-0.1, -0.05) is 0 Å². The average molecular weight is 210 g/mol. The highest BCUT2D eigenvalue weighted by atomic mass is 19.4. The van der Waals surface area contributed by atoms with Gasteiger partial charge in [-0.3, -0.25) is 5.32 Å². The van der Waals surface area contributed by atoms with Gasteiger partial charge in [0, 0.05) is 0 Å². The van der Waals surface area contributed by atoms with Gasteiger partial charge in [0.25, 0.3) is 0 Å². The summed E-state index contributed by atoms with van der Waals surface area (Å²) in [6.07, 6.45) is -4.95. The average Bonchev–Trinajstić information content (AvgIpc) is 2.01. The van der Waals surface area contributed by atoms with E-state index in [1.165, 1.54) is 6.07 Å². The van der Waals surface area contributed by atoms with Crippen LogP contribution in [-0.4, -0.2) is 28.8 Å². The molecule has 4 nitrogen and oxygen atoms in total. The van der Waals surface area contributed by atoms with Crippen LogP contribution in [0.2, 0.25) is 0 Å². The molecule has 14 heavy (non-hydrogen) atoms. The molecule has 0 bridgehead atoms. The quantitative estimate of drug-likeness (QED) is 0.725. The fraction of sp³-hybridized carbons (Fsp3) is 0.714. The monoisotopic (exact) mass is 210 g/mol. The van der Waals surface area contributed by atoms with Gasteiger partial charge in [-0.25, -0.2) is 4.79 Å². The molecule has 0 fully saturated rings. The number of carboxylic acids is 1. The number of nitriles is 1. The highest BCUT2D eigenvalue weighted by molar-refractivity contribution is 5.79. The summed E-state index contributed by atoms with van der Waals surface area (Å²) in [4.78, 5) is 10.4. The van der Waals surface area contributed by atoms with Gasteiger partial charge in [-0.15, -0.1) is 0 Å². The predicted octanol–water partition coefficient (Wildman–Crippen LogP) is 0.894. The predicted molar refractivity (Wildman–Crippen MR) is 40.3 cm³/mol. The van der Waals surface area contributed by atoms with E-state index in [0.717, 1.165) is 6.92 Å². The van der Waals surface area contributed by atoms with Gasteiger partial charge in [0.2, 0.25) is 5.54 Å². The Hall–Kier alpha value is -1.29. The minimum atomic E-state index is -4.95. The molecule has 80 valence electrons. The third-order valence-corrected chi connectivity index (χ3v) is 1.69. The van der Waals surface area contributed by atoms with Crippen LogP contribution in [-0.2, 0) is 4.79 Å².